The van der Waals surface area contributed by atoms with Gasteiger partial charge in [-0.1, -0.05) is 45.0 Å². The van der Waals surface area contributed by atoms with E-state index >= 15 is 0 Å². The third-order valence-corrected chi connectivity index (χ3v) is 6.95. The number of alkyl halides is 3. The molecule has 0 aromatic heterocycles. The first kappa shape index (κ1) is 20.7. The number of hydrogen-bond donors (Lipinski definition) is 1. The topological polar surface area (TPSA) is 46.2 Å². The molecule has 0 spiro atoms. The summed E-state index contributed by atoms with van der Waals surface area (Å²) in [6.45, 7) is 5.49. The lowest BCUT2D eigenvalue weighted by molar-refractivity contribution is -0.137. The molecule has 1 N–H and O–H groups in total. The van der Waals surface area contributed by atoms with Crippen molar-refractivity contribution in [3.8, 4) is 0 Å². The molecule has 1 heterocycles. The molecule has 0 bridgehead atoms. The second-order valence-electron chi connectivity index (χ2n) is 7.96. The van der Waals surface area contributed by atoms with Gasteiger partial charge < -0.3 is 5.32 Å². The molecular weight excluding hydrogens is 387 g/mol. The fraction of sp³-hybridized carbons (Fsp3) is 0.429. The van der Waals surface area contributed by atoms with E-state index in [9.17, 15) is 21.6 Å². The minimum absolute atomic E-state index is 0.0149. The Labute approximate surface area is 163 Å². The molecule has 1 aliphatic rings. The van der Waals surface area contributed by atoms with Gasteiger partial charge in [-0.2, -0.15) is 13.2 Å². The number of nitrogens with one attached hydrogen (secondary N) is 1. The molecule has 0 radical (unpaired) electrons. The summed E-state index contributed by atoms with van der Waals surface area (Å²) >= 11 is 0. The number of anilines is 1. The van der Waals surface area contributed by atoms with E-state index in [0.29, 0.717) is 17.7 Å². The van der Waals surface area contributed by atoms with Crippen LogP contribution in [0.5, 0.6) is 0 Å². The van der Waals surface area contributed by atoms with Crippen molar-refractivity contribution < 1.29 is 21.6 Å². The van der Waals surface area contributed by atoms with E-state index in [1.54, 1.807) is 13.0 Å². The Bertz CT molecular complexity index is 981. The maximum atomic E-state index is 13.1. The molecule has 2 aromatic rings. The van der Waals surface area contributed by atoms with Gasteiger partial charge >= 0.3 is 6.18 Å². The van der Waals surface area contributed by atoms with Gasteiger partial charge in [0.25, 0.3) is 0 Å². The molecule has 0 fully saturated rings. The molecule has 152 valence electrons. The van der Waals surface area contributed by atoms with E-state index in [4.69, 9.17) is 0 Å². The van der Waals surface area contributed by atoms with Crippen molar-refractivity contribution in [1.82, 2.24) is 0 Å². The summed E-state index contributed by atoms with van der Waals surface area (Å²) in [7, 11) is -3.14. The van der Waals surface area contributed by atoms with E-state index in [-0.39, 0.29) is 17.5 Å². The normalized spacial score (nSPS) is 19.0. The van der Waals surface area contributed by atoms with Gasteiger partial charge in [-0.25, -0.2) is 8.42 Å². The Hall–Kier alpha value is -2.02. The zero-order valence-corrected chi connectivity index (χ0v) is 16.9. The Balaban J connectivity index is 1.93. The van der Waals surface area contributed by atoms with Crippen molar-refractivity contribution in [3.05, 3.63) is 64.7 Å². The van der Waals surface area contributed by atoms with Crippen molar-refractivity contribution in [2.45, 2.75) is 50.6 Å². The summed E-state index contributed by atoms with van der Waals surface area (Å²) in [6.07, 6.45) is -3.77. The predicted molar refractivity (Wildman–Crippen MR) is 105 cm³/mol. The van der Waals surface area contributed by atoms with E-state index in [1.165, 1.54) is 12.1 Å². The van der Waals surface area contributed by atoms with E-state index < -0.39 is 27.0 Å². The van der Waals surface area contributed by atoms with E-state index in [0.717, 1.165) is 17.2 Å². The van der Waals surface area contributed by atoms with Crippen molar-refractivity contribution in [3.63, 3.8) is 0 Å². The molecule has 3 rings (SSSR count). The van der Waals surface area contributed by atoms with Gasteiger partial charge in [0.1, 0.15) is 0 Å². The highest BCUT2D eigenvalue weighted by atomic mass is 32.2. The van der Waals surface area contributed by atoms with Crippen molar-refractivity contribution in [2.24, 2.45) is 0 Å². The van der Waals surface area contributed by atoms with Crippen LogP contribution >= 0.6 is 0 Å². The first-order valence-electron chi connectivity index (χ1n) is 9.19. The van der Waals surface area contributed by atoms with Gasteiger partial charge in [0.15, 0.2) is 9.84 Å². The lowest BCUT2D eigenvalue weighted by atomic mass is 9.73. The van der Waals surface area contributed by atoms with Crippen LogP contribution in [0.4, 0.5) is 18.9 Å². The SMILES string of the molecule is CCS(=O)(=O)Cc1cccc(C2CC(C)(C)c3cc(C(F)(F)F)ccc3N2)c1. The number of benzene rings is 2. The zero-order valence-electron chi connectivity index (χ0n) is 16.1. The van der Waals surface area contributed by atoms with E-state index in [2.05, 4.69) is 5.32 Å². The molecule has 1 aliphatic heterocycles. The van der Waals surface area contributed by atoms with Crippen LogP contribution in [0, 0.1) is 0 Å². The summed E-state index contributed by atoms with van der Waals surface area (Å²) in [5.74, 6) is 0.0693. The maximum absolute atomic E-state index is 13.1. The monoisotopic (exact) mass is 411 g/mol. The Kier molecular flexibility index (Phi) is 5.25. The van der Waals surface area contributed by atoms with Gasteiger partial charge in [-0.3, -0.25) is 0 Å². The zero-order chi connectivity index (χ0) is 20.7. The maximum Gasteiger partial charge on any atom is 0.416 e. The molecule has 0 saturated heterocycles. The molecule has 0 aliphatic carbocycles. The third kappa shape index (κ3) is 4.35. The highest BCUT2D eigenvalue weighted by Gasteiger charge is 2.37. The molecule has 0 amide bonds. The van der Waals surface area contributed by atoms with Crippen LogP contribution in [0.2, 0.25) is 0 Å². The average Bonchev–Trinajstić information content (AvgIpc) is 2.60. The molecule has 1 unspecified atom stereocenters. The minimum Gasteiger partial charge on any atom is -0.378 e. The Morgan fingerprint density at radius 2 is 1.86 bits per heavy atom. The van der Waals surface area contributed by atoms with Crippen LogP contribution in [0.3, 0.4) is 0 Å². The lowest BCUT2D eigenvalue weighted by Gasteiger charge is -2.39. The summed E-state index contributed by atoms with van der Waals surface area (Å²) in [6, 6.07) is 11.1. The smallest absolute Gasteiger partial charge is 0.378 e. The highest BCUT2D eigenvalue weighted by molar-refractivity contribution is 7.90. The Morgan fingerprint density at radius 3 is 2.50 bits per heavy atom. The third-order valence-electron chi connectivity index (χ3n) is 5.30. The molecule has 7 heteroatoms. The lowest BCUT2D eigenvalue weighted by Crippen LogP contribution is -2.31. The molecular formula is C21H24F3NO2S. The quantitative estimate of drug-likeness (QED) is 0.725. The van der Waals surface area contributed by atoms with Crippen molar-refractivity contribution in [1.29, 1.82) is 0 Å². The summed E-state index contributed by atoms with van der Waals surface area (Å²) in [5.41, 5.74) is 1.87. The number of sulfone groups is 1. The van der Waals surface area contributed by atoms with Crippen LogP contribution in [0.1, 0.15) is 55.5 Å². The van der Waals surface area contributed by atoms with E-state index in [1.807, 2.05) is 32.0 Å². The Morgan fingerprint density at radius 1 is 1.14 bits per heavy atom. The largest absolute Gasteiger partial charge is 0.416 e. The fourth-order valence-corrected chi connectivity index (χ4v) is 4.61. The second-order valence-corrected chi connectivity index (χ2v) is 10.3. The first-order valence-corrected chi connectivity index (χ1v) is 11.0. The van der Waals surface area contributed by atoms with Crippen LogP contribution < -0.4 is 5.32 Å². The predicted octanol–water partition coefficient (Wildman–Crippen LogP) is 5.47. The number of hydrogen-bond acceptors (Lipinski definition) is 3. The average molecular weight is 411 g/mol. The van der Waals surface area contributed by atoms with Gasteiger partial charge in [0.05, 0.1) is 17.4 Å². The molecule has 0 saturated carbocycles. The van der Waals surface area contributed by atoms with Crippen molar-refractivity contribution in [2.75, 3.05) is 11.1 Å². The first-order chi connectivity index (χ1) is 12.9. The summed E-state index contributed by atoms with van der Waals surface area (Å²) in [5, 5.41) is 3.33. The van der Waals surface area contributed by atoms with Gasteiger partial charge in [-0.15, -0.1) is 0 Å². The molecule has 1 atom stereocenters. The molecule has 3 nitrogen and oxygen atoms in total. The van der Waals surface area contributed by atoms with Crippen LogP contribution in [0.15, 0.2) is 42.5 Å². The number of fused-ring (bicyclic) bond motifs is 1. The van der Waals surface area contributed by atoms with Gasteiger partial charge in [0, 0.05) is 11.4 Å². The molecule has 28 heavy (non-hydrogen) atoms. The van der Waals surface area contributed by atoms with Crippen LogP contribution in [-0.4, -0.2) is 14.2 Å². The highest BCUT2D eigenvalue weighted by Crippen LogP contribution is 2.46. The van der Waals surface area contributed by atoms with Crippen LogP contribution in [0.25, 0.3) is 0 Å². The molecule has 2 aromatic carbocycles. The number of rotatable bonds is 4. The van der Waals surface area contributed by atoms with Crippen LogP contribution in [-0.2, 0) is 27.2 Å². The summed E-state index contributed by atoms with van der Waals surface area (Å²) < 4.78 is 63.1. The minimum atomic E-state index is -4.37. The number of halogens is 3. The van der Waals surface area contributed by atoms with Gasteiger partial charge in [-0.05, 0) is 46.7 Å². The van der Waals surface area contributed by atoms with Crippen molar-refractivity contribution >= 4 is 15.5 Å². The summed E-state index contributed by atoms with van der Waals surface area (Å²) in [4.78, 5) is 0. The van der Waals surface area contributed by atoms with Gasteiger partial charge in [0.2, 0.25) is 0 Å². The standard InChI is InChI=1S/C21H24F3NO2S/c1-4-28(26,27)13-14-6-5-7-15(10-14)19-12-20(2,3)17-11-16(21(22,23)24)8-9-18(17)25-19/h5-11,19,25H,4,12-13H2,1-3H3. The second kappa shape index (κ2) is 7.10. The fourth-order valence-electron chi connectivity index (χ4n) is 3.72.